The summed E-state index contributed by atoms with van der Waals surface area (Å²) in [5, 5.41) is 16.1. The molecule has 0 aromatic carbocycles. The van der Waals surface area contributed by atoms with Gasteiger partial charge in [-0.25, -0.2) is 4.79 Å². The zero-order valence-corrected chi connectivity index (χ0v) is 4.66. The third-order valence-electron chi connectivity index (χ3n) is 0.490. The van der Waals surface area contributed by atoms with Gasteiger partial charge in [-0.1, -0.05) is 11.8 Å². The summed E-state index contributed by atoms with van der Waals surface area (Å²) in [5.74, 6) is 3.52. The van der Waals surface area contributed by atoms with Crippen LogP contribution in [-0.4, -0.2) is 22.8 Å². The van der Waals surface area contributed by atoms with E-state index in [-0.39, 0.29) is 6.61 Å². The smallest absolute Gasteiger partial charge is 0.328 e. The van der Waals surface area contributed by atoms with Crippen molar-refractivity contribution in [3.8, 4) is 11.8 Å². The third-order valence-corrected chi connectivity index (χ3v) is 0.490. The quantitative estimate of drug-likeness (QED) is 0.372. The predicted molar refractivity (Wildman–Crippen MR) is 31.6 cm³/mol. The van der Waals surface area contributed by atoms with Crippen LogP contribution in [0.5, 0.6) is 0 Å². The molecule has 0 atom stereocenters. The van der Waals surface area contributed by atoms with Gasteiger partial charge in [0.25, 0.3) is 0 Å². The maximum atomic E-state index is 9.75. The fourth-order valence-corrected chi connectivity index (χ4v) is 0.218. The van der Waals surface area contributed by atoms with Crippen molar-refractivity contribution in [2.75, 3.05) is 6.61 Å². The number of aliphatic hydroxyl groups is 1. The van der Waals surface area contributed by atoms with Crippen molar-refractivity contribution in [2.24, 2.45) is 0 Å². The van der Waals surface area contributed by atoms with E-state index in [0.717, 1.165) is 6.08 Å². The summed E-state index contributed by atoms with van der Waals surface area (Å²) in [6.07, 6.45) is 2.07. The number of rotatable bonds is 1. The second-order valence-corrected chi connectivity index (χ2v) is 1.15. The summed E-state index contributed by atoms with van der Waals surface area (Å²) in [6, 6.07) is 0. The van der Waals surface area contributed by atoms with Gasteiger partial charge in [-0.3, -0.25) is 0 Å². The Morgan fingerprint density at radius 2 is 2.33 bits per heavy atom. The molecule has 0 fully saturated rings. The Hall–Kier alpha value is -1.27. The fraction of sp³-hybridized carbons (Fsp3) is 0.167. The average molecular weight is 126 g/mol. The molecule has 0 aliphatic carbocycles. The lowest BCUT2D eigenvalue weighted by Gasteiger charge is -1.71. The van der Waals surface area contributed by atoms with Crippen molar-refractivity contribution in [3.63, 3.8) is 0 Å². The molecule has 2 N–H and O–H groups in total. The zero-order chi connectivity index (χ0) is 7.11. The highest BCUT2D eigenvalue weighted by molar-refractivity contribution is 5.80. The molecule has 0 heterocycles. The molecular weight excluding hydrogens is 120 g/mol. The van der Waals surface area contributed by atoms with Crippen LogP contribution in [0.4, 0.5) is 0 Å². The first-order chi connectivity index (χ1) is 4.27. The molecule has 0 unspecified atom stereocenters. The Morgan fingerprint density at radius 3 is 2.78 bits per heavy atom. The van der Waals surface area contributed by atoms with Crippen molar-refractivity contribution in [1.29, 1.82) is 0 Å². The number of aliphatic carboxylic acids is 1. The summed E-state index contributed by atoms with van der Waals surface area (Å²) in [6.45, 7) is -0.246. The molecule has 0 saturated heterocycles. The van der Waals surface area contributed by atoms with Gasteiger partial charge in [0.1, 0.15) is 6.61 Å². The third kappa shape index (κ3) is 6.73. The predicted octanol–water partition coefficient (Wildman–Crippen LogP) is -0.377. The monoisotopic (exact) mass is 126 g/mol. The van der Waals surface area contributed by atoms with E-state index < -0.39 is 5.97 Å². The van der Waals surface area contributed by atoms with Crippen molar-refractivity contribution in [1.82, 2.24) is 0 Å². The zero-order valence-electron chi connectivity index (χ0n) is 4.66. The standard InChI is InChI=1S/C6H6O3/c7-5-3-1-2-4-6(8)9/h2,4,7H,5H2,(H,8,9). The topological polar surface area (TPSA) is 57.5 Å². The van der Waals surface area contributed by atoms with E-state index >= 15 is 0 Å². The Bertz CT molecular complexity index is 170. The van der Waals surface area contributed by atoms with Crippen LogP contribution in [0.2, 0.25) is 0 Å². The Morgan fingerprint density at radius 1 is 1.67 bits per heavy atom. The summed E-state index contributed by atoms with van der Waals surface area (Å²) in [4.78, 5) is 9.75. The summed E-state index contributed by atoms with van der Waals surface area (Å²) < 4.78 is 0. The summed E-state index contributed by atoms with van der Waals surface area (Å²) >= 11 is 0. The normalized spacial score (nSPS) is 8.56. The maximum Gasteiger partial charge on any atom is 0.328 e. The molecule has 0 aromatic rings. The number of aliphatic hydroxyl groups excluding tert-OH is 1. The molecule has 0 bridgehead atoms. The van der Waals surface area contributed by atoms with Gasteiger partial charge in [-0.15, -0.1) is 0 Å². The number of allylic oxidation sites excluding steroid dienone is 1. The molecule has 0 aliphatic rings. The maximum absolute atomic E-state index is 9.75. The van der Waals surface area contributed by atoms with Gasteiger partial charge in [0.2, 0.25) is 0 Å². The van der Waals surface area contributed by atoms with Crippen molar-refractivity contribution < 1.29 is 15.0 Å². The molecule has 9 heavy (non-hydrogen) atoms. The SMILES string of the molecule is O=C(O)C=CC#CCO. The number of hydrogen-bond donors (Lipinski definition) is 2. The van der Waals surface area contributed by atoms with Crippen LogP contribution >= 0.6 is 0 Å². The van der Waals surface area contributed by atoms with Crippen molar-refractivity contribution in [3.05, 3.63) is 12.2 Å². The van der Waals surface area contributed by atoms with Crippen LogP contribution in [-0.2, 0) is 4.79 Å². The van der Waals surface area contributed by atoms with Crippen LogP contribution in [0.25, 0.3) is 0 Å². The lowest BCUT2D eigenvalue weighted by molar-refractivity contribution is -0.131. The van der Waals surface area contributed by atoms with Gasteiger partial charge in [0.05, 0.1) is 0 Å². The Labute approximate surface area is 52.6 Å². The molecule has 0 radical (unpaired) electrons. The van der Waals surface area contributed by atoms with E-state index in [9.17, 15) is 4.79 Å². The van der Waals surface area contributed by atoms with E-state index in [1.54, 1.807) is 0 Å². The fourth-order valence-electron chi connectivity index (χ4n) is 0.218. The summed E-state index contributed by atoms with van der Waals surface area (Å²) in [7, 11) is 0. The number of carboxylic acids is 1. The first kappa shape index (κ1) is 7.73. The number of hydrogen-bond acceptors (Lipinski definition) is 2. The average Bonchev–Trinajstić information content (AvgIpc) is 1.80. The van der Waals surface area contributed by atoms with Crippen LogP contribution in [0.3, 0.4) is 0 Å². The van der Waals surface area contributed by atoms with E-state index in [4.69, 9.17) is 10.2 Å². The highest BCUT2D eigenvalue weighted by atomic mass is 16.4. The highest BCUT2D eigenvalue weighted by Crippen LogP contribution is 1.68. The first-order valence-electron chi connectivity index (χ1n) is 2.26. The van der Waals surface area contributed by atoms with Gasteiger partial charge >= 0.3 is 5.97 Å². The molecule has 48 valence electrons. The van der Waals surface area contributed by atoms with Gasteiger partial charge in [-0.05, 0) is 6.08 Å². The molecule has 0 aromatic heterocycles. The van der Waals surface area contributed by atoms with Crippen LogP contribution in [0.15, 0.2) is 12.2 Å². The minimum atomic E-state index is -1.04. The molecule has 3 heteroatoms. The minimum absolute atomic E-state index is 0.246. The van der Waals surface area contributed by atoms with Crippen LogP contribution < -0.4 is 0 Å². The van der Waals surface area contributed by atoms with Gasteiger partial charge in [0.15, 0.2) is 0 Å². The highest BCUT2D eigenvalue weighted by Gasteiger charge is 1.78. The van der Waals surface area contributed by atoms with Crippen LogP contribution in [0, 0.1) is 11.8 Å². The minimum Gasteiger partial charge on any atom is -0.478 e. The lowest BCUT2D eigenvalue weighted by Crippen LogP contribution is -1.84. The second-order valence-electron chi connectivity index (χ2n) is 1.15. The van der Waals surface area contributed by atoms with Gasteiger partial charge < -0.3 is 10.2 Å². The molecule has 0 amide bonds. The van der Waals surface area contributed by atoms with Crippen molar-refractivity contribution in [2.45, 2.75) is 0 Å². The molecular formula is C6H6O3. The van der Waals surface area contributed by atoms with E-state index in [2.05, 4.69) is 11.8 Å². The molecule has 0 aliphatic heterocycles. The summed E-state index contributed by atoms with van der Waals surface area (Å²) in [5.41, 5.74) is 0. The van der Waals surface area contributed by atoms with E-state index in [0.29, 0.717) is 0 Å². The molecule has 3 nitrogen and oxygen atoms in total. The van der Waals surface area contributed by atoms with Gasteiger partial charge in [0, 0.05) is 6.08 Å². The Balaban J connectivity index is 3.59. The molecule has 0 spiro atoms. The van der Waals surface area contributed by atoms with Crippen molar-refractivity contribution >= 4 is 5.97 Å². The van der Waals surface area contributed by atoms with E-state index in [1.165, 1.54) is 6.08 Å². The second kappa shape index (κ2) is 4.88. The van der Waals surface area contributed by atoms with E-state index in [1.807, 2.05) is 0 Å². The molecule has 0 rings (SSSR count). The largest absolute Gasteiger partial charge is 0.478 e. The number of carbonyl (C=O) groups is 1. The first-order valence-corrected chi connectivity index (χ1v) is 2.26. The number of carboxylic acid groups (broad SMARTS) is 1. The lowest BCUT2D eigenvalue weighted by atomic mass is 10.5. The van der Waals surface area contributed by atoms with Gasteiger partial charge in [-0.2, -0.15) is 0 Å². The van der Waals surface area contributed by atoms with Crippen LogP contribution in [0.1, 0.15) is 0 Å². The molecule has 0 saturated carbocycles. The Kier molecular flexibility index (Phi) is 4.19.